The van der Waals surface area contributed by atoms with Gasteiger partial charge in [0.2, 0.25) is 0 Å². The van der Waals surface area contributed by atoms with Gasteiger partial charge in [0.15, 0.2) is 11.6 Å². The van der Waals surface area contributed by atoms with E-state index in [9.17, 15) is 13.6 Å². The Hall–Kier alpha value is -1.01. The Bertz CT molecular complexity index is 538. The van der Waals surface area contributed by atoms with Gasteiger partial charge in [-0.2, -0.15) is 0 Å². The number of fused-ring (bicyclic) bond motifs is 2. The summed E-state index contributed by atoms with van der Waals surface area (Å²) in [5.74, 6) is -2.15. The van der Waals surface area contributed by atoms with Crippen molar-refractivity contribution >= 4 is 21.8 Å². The maximum atomic E-state index is 13.4. The van der Waals surface area contributed by atoms with Crippen molar-refractivity contribution in [2.24, 2.45) is 0 Å². The van der Waals surface area contributed by atoms with Crippen LogP contribution >= 0.6 is 15.9 Å². The third-order valence-electron chi connectivity index (χ3n) is 4.13. The molecule has 2 bridgehead atoms. The predicted octanol–water partition coefficient (Wildman–Crippen LogP) is 2.69. The molecule has 2 atom stereocenters. The zero-order chi connectivity index (χ0) is 14.3. The molecule has 2 fully saturated rings. The lowest BCUT2D eigenvalue weighted by Crippen LogP contribution is -2.42. The van der Waals surface area contributed by atoms with E-state index in [0.717, 1.165) is 44.5 Å². The van der Waals surface area contributed by atoms with Gasteiger partial charge in [-0.3, -0.25) is 4.79 Å². The van der Waals surface area contributed by atoms with Crippen LogP contribution in [0.25, 0.3) is 0 Å². The van der Waals surface area contributed by atoms with Crippen LogP contribution < -0.4 is 5.32 Å². The average Bonchev–Trinajstić information content (AvgIpc) is 2.66. The normalized spacial score (nSPS) is 25.6. The first kappa shape index (κ1) is 13.9. The highest BCUT2D eigenvalue weighted by molar-refractivity contribution is 9.10. The number of nitrogens with one attached hydrogen (secondary N) is 1. The van der Waals surface area contributed by atoms with E-state index in [1.54, 1.807) is 0 Å². The van der Waals surface area contributed by atoms with E-state index < -0.39 is 11.6 Å². The molecule has 0 spiro atoms. The Morgan fingerprint density at radius 1 is 1.20 bits per heavy atom. The van der Waals surface area contributed by atoms with Crippen LogP contribution in [0.2, 0.25) is 0 Å². The molecule has 2 unspecified atom stereocenters. The van der Waals surface area contributed by atoms with E-state index in [2.05, 4.69) is 21.2 Å². The number of amides is 1. The molecule has 3 nitrogen and oxygen atoms in total. The molecule has 2 aliphatic rings. The summed E-state index contributed by atoms with van der Waals surface area (Å²) in [6, 6.07) is 2.34. The van der Waals surface area contributed by atoms with Crippen LogP contribution in [-0.2, 0) is 0 Å². The highest BCUT2D eigenvalue weighted by atomic mass is 79.9. The number of nitrogens with zero attached hydrogens (tertiary/aromatic N) is 1. The van der Waals surface area contributed by atoms with Gasteiger partial charge in [-0.15, -0.1) is 0 Å². The maximum absolute atomic E-state index is 13.4. The Morgan fingerprint density at radius 2 is 1.90 bits per heavy atom. The third-order valence-corrected chi connectivity index (χ3v) is 4.79. The topological polar surface area (TPSA) is 32.3 Å². The van der Waals surface area contributed by atoms with Gasteiger partial charge in [0.05, 0.1) is 5.56 Å². The lowest BCUT2D eigenvalue weighted by atomic mass is 10.1. The number of rotatable bonds is 1. The fraction of sp³-hybridized carbons (Fsp3) is 0.500. The van der Waals surface area contributed by atoms with Gasteiger partial charge in [-0.1, -0.05) is 0 Å². The number of hydrogen-bond acceptors (Lipinski definition) is 2. The number of hydrogen-bond donors (Lipinski definition) is 1. The molecular formula is C14H15BrF2N2O. The summed E-state index contributed by atoms with van der Waals surface area (Å²) in [7, 11) is 0. The zero-order valence-corrected chi connectivity index (χ0v) is 12.4. The van der Waals surface area contributed by atoms with Crippen molar-refractivity contribution in [3.05, 3.63) is 33.8 Å². The first-order chi connectivity index (χ1) is 9.58. The Labute approximate surface area is 124 Å². The van der Waals surface area contributed by atoms with Crippen molar-refractivity contribution in [1.29, 1.82) is 0 Å². The molecule has 0 radical (unpaired) electrons. The summed E-state index contributed by atoms with van der Waals surface area (Å²) >= 11 is 3.16. The van der Waals surface area contributed by atoms with E-state index in [1.165, 1.54) is 0 Å². The molecule has 2 aliphatic heterocycles. The lowest BCUT2D eigenvalue weighted by molar-refractivity contribution is 0.0678. The fourth-order valence-electron chi connectivity index (χ4n) is 3.14. The fourth-order valence-corrected chi connectivity index (χ4v) is 3.62. The van der Waals surface area contributed by atoms with Crippen LogP contribution in [0.5, 0.6) is 0 Å². The quantitative estimate of drug-likeness (QED) is 0.794. The smallest absolute Gasteiger partial charge is 0.255 e. The summed E-state index contributed by atoms with van der Waals surface area (Å²) in [5.41, 5.74) is 0.197. The molecule has 1 aromatic rings. The highest BCUT2D eigenvalue weighted by Gasteiger charge is 2.39. The van der Waals surface area contributed by atoms with Crippen LogP contribution in [0.4, 0.5) is 8.78 Å². The van der Waals surface area contributed by atoms with Gasteiger partial charge < -0.3 is 10.2 Å². The van der Waals surface area contributed by atoms with Crippen LogP contribution in [0.3, 0.4) is 0 Å². The Morgan fingerprint density at radius 3 is 2.70 bits per heavy atom. The molecule has 1 aromatic carbocycles. The van der Waals surface area contributed by atoms with Crippen LogP contribution in [0.15, 0.2) is 16.6 Å². The molecular weight excluding hydrogens is 330 g/mol. The van der Waals surface area contributed by atoms with Crippen molar-refractivity contribution < 1.29 is 13.6 Å². The number of carbonyl (C=O) groups is 1. The molecule has 6 heteroatoms. The average molecular weight is 345 g/mol. The van der Waals surface area contributed by atoms with Crippen molar-refractivity contribution in [2.45, 2.75) is 31.3 Å². The number of benzene rings is 1. The van der Waals surface area contributed by atoms with Crippen molar-refractivity contribution in [3.63, 3.8) is 0 Å². The van der Waals surface area contributed by atoms with Gasteiger partial charge in [0.1, 0.15) is 0 Å². The molecule has 0 aliphatic carbocycles. The molecule has 1 N–H and O–H groups in total. The second-order valence-electron chi connectivity index (χ2n) is 5.34. The lowest BCUT2D eigenvalue weighted by Gasteiger charge is -2.28. The Balaban J connectivity index is 1.94. The molecule has 108 valence electrons. The minimum Gasteiger partial charge on any atom is -0.331 e. The van der Waals surface area contributed by atoms with E-state index >= 15 is 0 Å². The summed E-state index contributed by atoms with van der Waals surface area (Å²) in [6.45, 7) is 1.66. The van der Waals surface area contributed by atoms with Crippen LogP contribution in [0, 0.1) is 11.6 Å². The summed E-state index contributed by atoms with van der Waals surface area (Å²) in [5, 5.41) is 3.31. The largest absolute Gasteiger partial charge is 0.331 e. The molecule has 1 amide bonds. The molecule has 3 rings (SSSR count). The maximum Gasteiger partial charge on any atom is 0.255 e. The van der Waals surface area contributed by atoms with Crippen molar-refractivity contribution in [3.8, 4) is 0 Å². The van der Waals surface area contributed by atoms with Gasteiger partial charge in [0, 0.05) is 23.1 Å². The van der Waals surface area contributed by atoms with Crippen LogP contribution in [-0.4, -0.2) is 36.0 Å². The predicted molar refractivity (Wildman–Crippen MR) is 74.5 cm³/mol. The van der Waals surface area contributed by atoms with Gasteiger partial charge in [-0.05, 0) is 53.9 Å². The van der Waals surface area contributed by atoms with Gasteiger partial charge in [-0.25, -0.2) is 8.78 Å². The zero-order valence-electron chi connectivity index (χ0n) is 10.8. The van der Waals surface area contributed by atoms with Crippen molar-refractivity contribution in [1.82, 2.24) is 10.2 Å². The molecule has 2 saturated heterocycles. The monoisotopic (exact) mass is 344 g/mol. The first-order valence-electron chi connectivity index (χ1n) is 6.76. The Kier molecular flexibility index (Phi) is 3.77. The van der Waals surface area contributed by atoms with E-state index in [1.807, 2.05) is 4.90 Å². The number of carbonyl (C=O) groups excluding carboxylic acids is 1. The van der Waals surface area contributed by atoms with Crippen molar-refractivity contribution in [2.75, 3.05) is 13.1 Å². The van der Waals surface area contributed by atoms with Gasteiger partial charge in [0.25, 0.3) is 5.91 Å². The molecule has 2 heterocycles. The summed E-state index contributed by atoms with van der Waals surface area (Å²) < 4.78 is 26.9. The molecule has 0 aromatic heterocycles. The van der Waals surface area contributed by atoms with E-state index in [-0.39, 0.29) is 23.6 Å². The van der Waals surface area contributed by atoms with E-state index in [0.29, 0.717) is 4.47 Å². The summed E-state index contributed by atoms with van der Waals surface area (Å²) in [4.78, 5) is 14.5. The van der Waals surface area contributed by atoms with E-state index in [4.69, 9.17) is 0 Å². The van der Waals surface area contributed by atoms with Crippen LogP contribution in [0.1, 0.15) is 29.6 Å². The van der Waals surface area contributed by atoms with Gasteiger partial charge >= 0.3 is 0 Å². The standard InChI is InChI=1S/C14H15BrF2N2O/c15-11-6-13(17)12(16)5-10(11)14(20)19-8-1-2-9(19)7-18-4-3-8/h5-6,8-9,18H,1-4,7H2. The second kappa shape index (κ2) is 5.41. The molecule has 0 saturated carbocycles. The second-order valence-corrected chi connectivity index (χ2v) is 6.19. The highest BCUT2D eigenvalue weighted by Crippen LogP contribution is 2.31. The summed E-state index contributed by atoms with van der Waals surface area (Å²) in [6.07, 6.45) is 2.85. The SMILES string of the molecule is O=C(c1cc(F)c(F)cc1Br)N1C2CCNCC1CC2. The first-order valence-corrected chi connectivity index (χ1v) is 7.55. The third kappa shape index (κ3) is 2.35. The number of halogens is 3. The minimum absolute atomic E-state index is 0.148. The molecule has 20 heavy (non-hydrogen) atoms. The minimum atomic E-state index is -0.989.